The van der Waals surface area contributed by atoms with Gasteiger partial charge in [0, 0.05) is 35.6 Å². The normalized spacial score (nSPS) is 25.5. The Bertz CT molecular complexity index is 1930. The number of nitrogens with one attached hydrogen (secondary N) is 2. The van der Waals surface area contributed by atoms with Crippen molar-refractivity contribution in [2.45, 2.75) is 124 Å². The first kappa shape index (κ1) is 34.8. The number of aromatic amines is 2. The predicted molar refractivity (Wildman–Crippen MR) is 198 cm³/mol. The molecule has 5 atom stereocenters. The molecule has 3 aliphatic rings. The molecule has 1 saturated carbocycles. The molecular weight excluding hydrogens is 640 g/mol. The molecule has 2 N–H and O–H groups in total. The first-order valence-corrected chi connectivity index (χ1v) is 18.2. The van der Waals surface area contributed by atoms with Gasteiger partial charge in [-0.1, -0.05) is 69.3 Å². The lowest BCUT2D eigenvalue weighted by Crippen LogP contribution is -2.42. The number of amides is 2. The largest absolute Gasteiger partial charge is 0.444 e. The Morgan fingerprint density at radius 1 is 0.667 bits per heavy atom. The van der Waals surface area contributed by atoms with Crippen molar-refractivity contribution in [2.24, 2.45) is 10.8 Å². The molecule has 2 aliphatic heterocycles. The average Bonchev–Trinajstić information content (AvgIpc) is 3.54. The summed E-state index contributed by atoms with van der Waals surface area (Å²) in [6.07, 6.45) is 5.95. The summed E-state index contributed by atoms with van der Waals surface area (Å²) in [6, 6.07) is 16.6. The van der Waals surface area contributed by atoms with E-state index in [1.165, 1.54) is 0 Å². The molecule has 0 spiro atoms. The summed E-state index contributed by atoms with van der Waals surface area (Å²) in [6.45, 7) is 20.1. The Kier molecular flexibility index (Phi) is 8.19. The fraction of sp³-hybridized carbons (Fsp3) is 0.512. The number of H-pyrrole nitrogens is 2. The van der Waals surface area contributed by atoms with Gasteiger partial charge in [-0.05, 0) is 89.7 Å². The molecule has 10 nitrogen and oxygen atoms in total. The summed E-state index contributed by atoms with van der Waals surface area (Å²) in [7, 11) is 0. The van der Waals surface area contributed by atoms with E-state index in [1.807, 2.05) is 63.7 Å². The highest BCUT2D eigenvalue weighted by Gasteiger charge is 2.64. The standard InChI is InChI=1S/C41H52N6O4/c1-24-40(8,9)19-31(46(24)36(48)50-38(2,3)4)34-42-22-29(44-34)27-15-11-25(12-16-27)26-13-17-28(18-14-26)30-23-43-35(45-30)32-20-41(10)21-33(41)47(32)37(49)51-39(5,6)7/h11-18,22-24,31-33H,19-21H2,1-10H3,(H,42,44)(H,43,45)/t24-,31+,32+,33-,41+/m1/s1. The quantitative estimate of drug-likeness (QED) is 0.215. The topological polar surface area (TPSA) is 116 Å². The van der Waals surface area contributed by atoms with E-state index in [0.717, 1.165) is 64.6 Å². The molecule has 2 aromatic carbocycles. The highest BCUT2D eigenvalue weighted by molar-refractivity contribution is 5.73. The van der Waals surface area contributed by atoms with Crippen LogP contribution in [-0.2, 0) is 9.47 Å². The van der Waals surface area contributed by atoms with Crippen LogP contribution in [0.4, 0.5) is 9.59 Å². The third-order valence-corrected chi connectivity index (χ3v) is 11.0. The third-order valence-electron chi connectivity index (χ3n) is 11.0. The van der Waals surface area contributed by atoms with Crippen molar-refractivity contribution in [3.63, 3.8) is 0 Å². The molecule has 4 aromatic rings. The van der Waals surface area contributed by atoms with Gasteiger partial charge in [0.1, 0.15) is 22.9 Å². The fourth-order valence-corrected chi connectivity index (χ4v) is 7.81. The van der Waals surface area contributed by atoms with Gasteiger partial charge in [-0.3, -0.25) is 9.80 Å². The van der Waals surface area contributed by atoms with Gasteiger partial charge in [0.05, 0.1) is 23.5 Å². The number of fused-ring (bicyclic) bond motifs is 1. The molecule has 51 heavy (non-hydrogen) atoms. The molecule has 0 unspecified atom stereocenters. The van der Waals surface area contributed by atoms with E-state index >= 15 is 0 Å². The summed E-state index contributed by atoms with van der Waals surface area (Å²) < 4.78 is 11.6. The van der Waals surface area contributed by atoms with Crippen LogP contribution in [0.2, 0.25) is 0 Å². The fourth-order valence-electron chi connectivity index (χ4n) is 7.81. The van der Waals surface area contributed by atoms with Gasteiger partial charge in [-0.25, -0.2) is 19.6 Å². The zero-order valence-electron chi connectivity index (χ0n) is 31.6. The second kappa shape index (κ2) is 12.0. The Hall–Kier alpha value is -4.60. The summed E-state index contributed by atoms with van der Waals surface area (Å²) in [5, 5.41) is 0. The number of likely N-dealkylation sites (tertiary alicyclic amines) is 2. The highest BCUT2D eigenvalue weighted by Crippen LogP contribution is 2.63. The number of benzene rings is 2. The van der Waals surface area contributed by atoms with E-state index in [2.05, 4.69) is 86.2 Å². The summed E-state index contributed by atoms with van der Waals surface area (Å²) in [5.74, 6) is 1.57. The molecule has 2 amide bonds. The lowest BCUT2D eigenvalue weighted by atomic mass is 9.84. The second-order valence-corrected chi connectivity index (χ2v) is 17.8. The van der Waals surface area contributed by atoms with Crippen molar-refractivity contribution < 1.29 is 19.1 Å². The van der Waals surface area contributed by atoms with E-state index < -0.39 is 11.2 Å². The van der Waals surface area contributed by atoms with E-state index in [4.69, 9.17) is 19.4 Å². The van der Waals surface area contributed by atoms with Crippen molar-refractivity contribution in [3.8, 4) is 33.6 Å². The van der Waals surface area contributed by atoms with Crippen molar-refractivity contribution in [1.29, 1.82) is 0 Å². The number of aromatic nitrogens is 4. The Labute approximate surface area is 301 Å². The van der Waals surface area contributed by atoms with Crippen molar-refractivity contribution in [3.05, 3.63) is 72.6 Å². The second-order valence-electron chi connectivity index (χ2n) is 17.8. The van der Waals surface area contributed by atoms with Crippen LogP contribution in [0.15, 0.2) is 60.9 Å². The van der Waals surface area contributed by atoms with Gasteiger partial charge in [-0.2, -0.15) is 0 Å². The van der Waals surface area contributed by atoms with Crippen LogP contribution in [-0.4, -0.2) is 65.2 Å². The first-order valence-electron chi connectivity index (χ1n) is 18.2. The molecule has 1 aliphatic carbocycles. The highest BCUT2D eigenvalue weighted by atomic mass is 16.6. The van der Waals surface area contributed by atoms with Crippen LogP contribution in [0.25, 0.3) is 33.6 Å². The van der Waals surface area contributed by atoms with E-state index in [0.29, 0.717) is 0 Å². The number of rotatable bonds is 5. The number of imidazole rings is 2. The Morgan fingerprint density at radius 3 is 1.53 bits per heavy atom. The van der Waals surface area contributed by atoms with Crippen molar-refractivity contribution >= 4 is 12.2 Å². The average molecular weight is 693 g/mol. The van der Waals surface area contributed by atoms with Gasteiger partial charge in [0.15, 0.2) is 0 Å². The minimum absolute atomic E-state index is 0.00236. The Morgan fingerprint density at radius 2 is 1.08 bits per heavy atom. The SMILES string of the molecule is C[C@H]1N(C(=O)OC(C)(C)C)[C@H](c2nc(-c3ccc(-c4ccc(-c5c[nH]c([C@@H]6C[C@@]7(C)C[C@H]7N6C(=O)OC(C)(C)C)n5)cc4)cc3)c[nH]2)CC1(C)C. The summed E-state index contributed by atoms with van der Waals surface area (Å²) in [5.41, 5.74) is 4.79. The smallest absolute Gasteiger partial charge is 0.411 e. The molecular formula is C41H52N6O4. The molecule has 3 fully saturated rings. The molecule has 7 rings (SSSR count). The minimum Gasteiger partial charge on any atom is -0.444 e. The zero-order chi connectivity index (χ0) is 36.7. The molecule has 0 bridgehead atoms. The Balaban J connectivity index is 1.04. The number of ether oxygens (including phenoxy) is 2. The zero-order valence-corrected chi connectivity index (χ0v) is 31.6. The summed E-state index contributed by atoms with van der Waals surface area (Å²) in [4.78, 5) is 46.9. The minimum atomic E-state index is -0.575. The molecule has 4 heterocycles. The lowest BCUT2D eigenvalue weighted by Gasteiger charge is -2.32. The number of nitrogens with zero attached hydrogens (tertiary/aromatic N) is 4. The molecule has 0 radical (unpaired) electrons. The van der Waals surface area contributed by atoms with Gasteiger partial charge >= 0.3 is 12.2 Å². The van der Waals surface area contributed by atoms with Gasteiger partial charge in [0.25, 0.3) is 0 Å². The monoisotopic (exact) mass is 692 g/mol. The van der Waals surface area contributed by atoms with E-state index in [-0.39, 0.29) is 47.2 Å². The predicted octanol–water partition coefficient (Wildman–Crippen LogP) is 9.69. The molecule has 2 saturated heterocycles. The summed E-state index contributed by atoms with van der Waals surface area (Å²) >= 11 is 0. The third kappa shape index (κ3) is 6.77. The van der Waals surface area contributed by atoms with E-state index in [1.54, 1.807) is 0 Å². The molecule has 270 valence electrons. The van der Waals surface area contributed by atoms with Crippen molar-refractivity contribution in [2.75, 3.05) is 0 Å². The van der Waals surface area contributed by atoms with Gasteiger partial charge in [-0.15, -0.1) is 0 Å². The maximum absolute atomic E-state index is 13.3. The number of carbonyl (C=O) groups is 2. The van der Waals surface area contributed by atoms with Gasteiger partial charge in [0.2, 0.25) is 0 Å². The van der Waals surface area contributed by atoms with E-state index in [9.17, 15) is 9.59 Å². The van der Waals surface area contributed by atoms with Crippen LogP contribution in [0, 0.1) is 10.8 Å². The first-order chi connectivity index (χ1) is 23.8. The number of hydrogen-bond donors (Lipinski definition) is 2. The lowest BCUT2D eigenvalue weighted by molar-refractivity contribution is 0.0116. The van der Waals surface area contributed by atoms with Crippen LogP contribution in [0.3, 0.4) is 0 Å². The maximum Gasteiger partial charge on any atom is 0.411 e. The van der Waals surface area contributed by atoms with Crippen LogP contribution in [0.1, 0.15) is 112 Å². The van der Waals surface area contributed by atoms with Crippen LogP contribution >= 0.6 is 0 Å². The molecule has 10 heteroatoms. The number of piperidine rings is 1. The van der Waals surface area contributed by atoms with Crippen LogP contribution in [0.5, 0.6) is 0 Å². The van der Waals surface area contributed by atoms with Crippen molar-refractivity contribution in [1.82, 2.24) is 29.7 Å². The maximum atomic E-state index is 13.3. The number of carbonyl (C=O) groups excluding carboxylic acids is 2. The molecule has 2 aromatic heterocycles. The van der Waals surface area contributed by atoms with Crippen LogP contribution < -0.4 is 0 Å². The van der Waals surface area contributed by atoms with Gasteiger partial charge < -0.3 is 19.4 Å². The number of hydrogen-bond acceptors (Lipinski definition) is 6.